The van der Waals surface area contributed by atoms with Crippen molar-refractivity contribution in [2.24, 2.45) is 0 Å². The van der Waals surface area contributed by atoms with Crippen molar-refractivity contribution in [3.8, 4) is 67.1 Å². The van der Waals surface area contributed by atoms with E-state index < -0.39 is 5.41 Å². The first kappa shape index (κ1) is 35.6. The molecule has 3 aliphatic rings. The zero-order valence-electron chi connectivity index (χ0n) is 34.6. The van der Waals surface area contributed by atoms with Gasteiger partial charge in [0.25, 0.3) is 0 Å². The lowest BCUT2D eigenvalue weighted by Crippen LogP contribution is -2.29. The number of hydrogen-bond acceptors (Lipinski definition) is 3. The highest BCUT2D eigenvalue weighted by Crippen LogP contribution is 2.63. The van der Waals surface area contributed by atoms with E-state index in [4.69, 9.17) is 4.74 Å². The molecule has 11 aromatic rings. The zero-order chi connectivity index (χ0) is 41.9. The number of fused-ring (bicyclic) bond motifs is 20. The van der Waals surface area contributed by atoms with Gasteiger partial charge >= 0.3 is 0 Å². The van der Waals surface area contributed by atoms with Crippen LogP contribution in [0.2, 0.25) is 0 Å². The van der Waals surface area contributed by atoms with Crippen molar-refractivity contribution in [2.45, 2.75) is 5.41 Å². The Morgan fingerprint density at radius 3 is 1.53 bits per heavy atom. The minimum absolute atomic E-state index is 0.585. The van der Waals surface area contributed by atoms with Crippen molar-refractivity contribution in [1.82, 2.24) is 0 Å². The van der Waals surface area contributed by atoms with Crippen molar-refractivity contribution >= 4 is 48.6 Å². The molecule has 1 atom stereocenters. The van der Waals surface area contributed by atoms with E-state index in [9.17, 15) is 0 Å². The predicted octanol–water partition coefficient (Wildman–Crippen LogP) is 17.0. The van der Waals surface area contributed by atoms with Crippen molar-refractivity contribution in [3.05, 3.63) is 247 Å². The lowest BCUT2D eigenvalue weighted by atomic mass is 9.66. The number of ether oxygens (including phenoxy) is 1. The second-order valence-electron chi connectivity index (χ2n) is 17.1. The van der Waals surface area contributed by atoms with Crippen molar-refractivity contribution in [2.75, 3.05) is 4.90 Å². The van der Waals surface area contributed by atoms with Gasteiger partial charge in [-0.2, -0.15) is 0 Å². The topological polar surface area (TPSA) is 12.5 Å². The highest BCUT2D eigenvalue weighted by atomic mass is 32.1. The molecule has 0 N–H and O–H groups in total. The Bertz CT molecular complexity index is 3730. The van der Waals surface area contributed by atoms with Gasteiger partial charge in [-0.05, 0) is 133 Å². The molecule has 2 aliphatic carbocycles. The number of anilines is 3. The number of benzene rings is 10. The maximum absolute atomic E-state index is 6.61. The van der Waals surface area contributed by atoms with Gasteiger partial charge in [0.1, 0.15) is 11.5 Å². The average molecular weight is 832 g/mol. The molecule has 2 heterocycles. The van der Waals surface area contributed by atoms with Crippen LogP contribution in [0.25, 0.3) is 75.8 Å². The van der Waals surface area contributed by atoms with E-state index in [2.05, 4.69) is 223 Å². The lowest BCUT2D eigenvalue weighted by Gasteiger charge is -2.36. The summed E-state index contributed by atoms with van der Waals surface area (Å²) in [5.41, 5.74) is 20.0. The molecule has 0 radical (unpaired) electrons. The molecule has 1 unspecified atom stereocenters. The smallest absolute Gasteiger partial charge is 0.135 e. The van der Waals surface area contributed by atoms with Crippen LogP contribution in [-0.4, -0.2) is 0 Å². The fourth-order valence-electron chi connectivity index (χ4n) is 11.3. The number of thiophene rings is 1. The summed E-state index contributed by atoms with van der Waals surface area (Å²) in [6.07, 6.45) is 0. The van der Waals surface area contributed by atoms with Crippen LogP contribution in [0.3, 0.4) is 0 Å². The summed E-state index contributed by atoms with van der Waals surface area (Å²) in [5, 5.41) is 2.64. The molecule has 298 valence electrons. The molecule has 1 spiro atoms. The molecular formula is C61H37NOS. The van der Waals surface area contributed by atoms with Crippen LogP contribution in [-0.2, 0) is 5.41 Å². The van der Waals surface area contributed by atoms with Crippen LogP contribution in [0.1, 0.15) is 22.3 Å². The predicted molar refractivity (Wildman–Crippen MR) is 267 cm³/mol. The number of para-hydroxylation sites is 3. The second-order valence-corrected chi connectivity index (χ2v) is 18.2. The van der Waals surface area contributed by atoms with Gasteiger partial charge in [-0.25, -0.2) is 0 Å². The molecule has 0 amide bonds. The fraction of sp³-hybridized carbons (Fsp3) is 0.0164. The Labute approximate surface area is 375 Å². The van der Waals surface area contributed by atoms with Gasteiger partial charge in [0.2, 0.25) is 0 Å². The first-order chi connectivity index (χ1) is 31.7. The van der Waals surface area contributed by atoms with Crippen LogP contribution in [0.4, 0.5) is 17.1 Å². The van der Waals surface area contributed by atoms with E-state index in [1.807, 2.05) is 17.4 Å². The van der Waals surface area contributed by atoms with Crippen LogP contribution in [0, 0.1) is 0 Å². The SMILES string of the molecule is c1ccc(N(c2ccc3c(c2)-c2ccccc2Oc2ccccc2-3)c2ccc3c(c2)-c2ccccc2-c2ccccc2C32c3ccccc3-c3cc4c(cc32)sc2ccccc24)cc1. The van der Waals surface area contributed by atoms with E-state index in [0.717, 1.165) is 50.8 Å². The fourth-order valence-corrected chi connectivity index (χ4v) is 12.4. The maximum Gasteiger partial charge on any atom is 0.135 e. The molecule has 0 bridgehead atoms. The van der Waals surface area contributed by atoms with Crippen molar-refractivity contribution < 1.29 is 4.74 Å². The first-order valence-electron chi connectivity index (χ1n) is 22.0. The molecule has 14 rings (SSSR count). The molecule has 2 nitrogen and oxygen atoms in total. The van der Waals surface area contributed by atoms with E-state index in [0.29, 0.717) is 0 Å². The highest BCUT2D eigenvalue weighted by Gasteiger charge is 2.50. The molecule has 3 heteroatoms. The van der Waals surface area contributed by atoms with Gasteiger partial charge in [-0.1, -0.05) is 158 Å². The third-order valence-corrected chi connectivity index (χ3v) is 15.0. The third-order valence-electron chi connectivity index (χ3n) is 13.9. The summed E-state index contributed by atoms with van der Waals surface area (Å²) in [4.78, 5) is 2.42. The van der Waals surface area contributed by atoms with E-state index in [1.54, 1.807) is 0 Å². The standard InChI is InChI=1S/C61H37NOS/c1-2-16-38(17-3-1)62(39-30-32-43-46-22-8-13-27-57(46)63-58-28-14-9-23-47(58)49(43)34-39)40-31-33-55-50(35-40)42-19-5-4-18-41(42)44-20-6-11-25-53(44)61(55)54-26-12-7-21-45(54)51-36-52-48-24-10-15-29-59(48)64-60(52)37-56(51)61/h1-37H. The zero-order valence-corrected chi connectivity index (χ0v) is 35.4. The Kier molecular flexibility index (Phi) is 7.51. The largest absolute Gasteiger partial charge is 0.456 e. The summed E-state index contributed by atoms with van der Waals surface area (Å²) < 4.78 is 9.25. The normalized spacial score (nSPS) is 14.8. The molecule has 0 saturated heterocycles. The average Bonchev–Trinajstić information content (AvgIpc) is 3.78. The molecule has 10 aromatic carbocycles. The molecular weight excluding hydrogens is 795 g/mol. The number of nitrogens with zero attached hydrogens (tertiary/aromatic N) is 1. The van der Waals surface area contributed by atoms with E-state index in [-0.39, 0.29) is 0 Å². The summed E-state index contributed by atoms with van der Waals surface area (Å²) >= 11 is 1.90. The Hall–Kier alpha value is -7.98. The maximum atomic E-state index is 6.61. The molecule has 1 aliphatic heterocycles. The highest BCUT2D eigenvalue weighted by molar-refractivity contribution is 7.25. The van der Waals surface area contributed by atoms with E-state index >= 15 is 0 Å². The molecule has 64 heavy (non-hydrogen) atoms. The van der Waals surface area contributed by atoms with Gasteiger partial charge in [0.05, 0.1) is 5.41 Å². The summed E-state index contributed by atoms with van der Waals surface area (Å²) in [5.74, 6) is 1.72. The van der Waals surface area contributed by atoms with Crippen molar-refractivity contribution in [1.29, 1.82) is 0 Å². The Balaban J connectivity index is 1.06. The van der Waals surface area contributed by atoms with Gasteiger partial charge in [0.15, 0.2) is 0 Å². The first-order valence-corrected chi connectivity index (χ1v) is 22.8. The summed E-state index contributed by atoms with van der Waals surface area (Å²) in [7, 11) is 0. The van der Waals surface area contributed by atoms with Gasteiger partial charge in [-0.15, -0.1) is 11.3 Å². The third kappa shape index (κ3) is 4.90. The van der Waals surface area contributed by atoms with Gasteiger partial charge < -0.3 is 9.64 Å². The number of rotatable bonds is 3. The minimum atomic E-state index is -0.585. The van der Waals surface area contributed by atoms with Gasteiger partial charge in [-0.3, -0.25) is 0 Å². The van der Waals surface area contributed by atoms with Crippen molar-refractivity contribution in [3.63, 3.8) is 0 Å². The number of hydrogen-bond donors (Lipinski definition) is 0. The molecule has 0 saturated carbocycles. The Morgan fingerprint density at radius 1 is 0.297 bits per heavy atom. The summed E-state index contributed by atoms with van der Waals surface area (Å²) in [6, 6.07) is 83.0. The summed E-state index contributed by atoms with van der Waals surface area (Å²) in [6.45, 7) is 0. The lowest BCUT2D eigenvalue weighted by molar-refractivity contribution is 0.488. The van der Waals surface area contributed by atoms with E-state index in [1.165, 1.54) is 75.8 Å². The van der Waals surface area contributed by atoms with Crippen LogP contribution < -0.4 is 9.64 Å². The quantitative estimate of drug-likeness (QED) is 0.176. The molecule has 1 aromatic heterocycles. The monoisotopic (exact) mass is 831 g/mol. The Morgan fingerprint density at radius 2 is 0.797 bits per heavy atom. The van der Waals surface area contributed by atoms with Crippen LogP contribution in [0.5, 0.6) is 11.5 Å². The second kappa shape index (κ2) is 13.5. The van der Waals surface area contributed by atoms with Crippen LogP contribution >= 0.6 is 11.3 Å². The van der Waals surface area contributed by atoms with Crippen LogP contribution in [0.15, 0.2) is 224 Å². The van der Waals surface area contributed by atoms with Gasteiger partial charge in [0, 0.05) is 48.4 Å². The minimum Gasteiger partial charge on any atom is -0.456 e. The molecule has 0 fully saturated rings.